The highest BCUT2D eigenvalue weighted by atomic mass is 35.5. The van der Waals surface area contributed by atoms with Gasteiger partial charge >= 0.3 is 11.8 Å². The van der Waals surface area contributed by atoms with Crippen LogP contribution in [0.3, 0.4) is 0 Å². The van der Waals surface area contributed by atoms with Crippen molar-refractivity contribution in [1.29, 1.82) is 0 Å². The van der Waals surface area contributed by atoms with Crippen molar-refractivity contribution in [3.8, 4) is 11.5 Å². The minimum Gasteiger partial charge on any atom is -0.465 e. The molecule has 23 heavy (non-hydrogen) atoms. The van der Waals surface area contributed by atoms with Gasteiger partial charge in [0.2, 0.25) is 5.75 Å². The van der Waals surface area contributed by atoms with E-state index in [1.807, 2.05) is 0 Å². The van der Waals surface area contributed by atoms with Crippen molar-refractivity contribution in [2.75, 3.05) is 0 Å². The van der Waals surface area contributed by atoms with Crippen molar-refractivity contribution < 1.29 is 19.6 Å². The summed E-state index contributed by atoms with van der Waals surface area (Å²) < 4.78 is 5.55. The molecular formula is C15H13ClN2O5. The van der Waals surface area contributed by atoms with Crippen LogP contribution in [0.15, 0.2) is 42.5 Å². The molecule has 1 amide bonds. The predicted octanol–water partition coefficient (Wildman–Crippen LogP) is 4.37. The summed E-state index contributed by atoms with van der Waals surface area (Å²) in [6.45, 7) is 1.68. The van der Waals surface area contributed by atoms with Crippen LogP contribution in [0.2, 0.25) is 5.02 Å². The monoisotopic (exact) mass is 336 g/mol. The molecular weight excluding hydrogens is 324 g/mol. The van der Waals surface area contributed by atoms with Crippen LogP contribution in [-0.2, 0) is 0 Å². The Morgan fingerprint density at radius 2 is 2.09 bits per heavy atom. The number of amides is 1. The lowest BCUT2D eigenvalue weighted by Gasteiger charge is -2.13. The lowest BCUT2D eigenvalue weighted by molar-refractivity contribution is -0.385. The number of rotatable bonds is 5. The number of halogens is 1. The van der Waals surface area contributed by atoms with E-state index >= 15 is 0 Å². The van der Waals surface area contributed by atoms with Crippen LogP contribution in [0, 0.1) is 10.1 Å². The lowest BCUT2D eigenvalue weighted by atomic mass is 10.1. The van der Waals surface area contributed by atoms with Crippen LogP contribution in [0.4, 0.5) is 10.5 Å². The smallest absolute Gasteiger partial charge is 0.405 e. The van der Waals surface area contributed by atoms with Gasteiger partial charge in [-0.2, -0.15) is 0 Å². The number of benzene rings is 2. The normalized spacial score (nSPS) is 11.6. The van der Waals surface area contributed by atoms with Crippen molar-refractivity contribution >= 4 is 23.4 Å². The molecule has 0 radical (unpaired) electrons. The van der Waals surface area contributed by atoms with Gasteiger partial charge in [0, 0.05) is 17.2 Å². The third-order valence-electron chi connectivity index (χ3n) is 3.04. The van der Waals surface area contributed by atoms with Crippen molar-refractivity contribution in [2.45, 2.75) is 13.0 Å². The van der Waals surface area contributed by atoms with Crippen molar-refractivity contribution in [1.82, 2.24) is 5.32 Å². The third kappa shape index (κ3) is 4.33. The van der Waals surface area contributed by atoms with Gasteiger partial charge in [-0.25, -0.2) is 4.79 Å². The van der Waals surface area contributed by atoms with E-state index in [-0.39, 0.29) is 11.4 Å². The first-order valence-electron chi connectivity index (χ1n) is 6.58. The molecule has 2 aromatic carbocycles. The maximum Gasteiger partial charge on any atom is 0.405 e. The van der Waals surface area contributed by atoms with E-state index in [4.69, 9.17) is 21.4 Å². The van der Waals surface area contributed by atoms with E-state index < -0.39 is 17.1 Å². The number of hydrogen-bond donors (Lipinski definition) is 2. The summed E-state index contributed by atoms with van der Waals surface area (Å²) in [5, 5.41) is 22.4. The van der Waals surface area contributed by atoms with Crippen LogP contribution < -0.4 is 10.1 Å². The molecule has 120 valence electrons. The quantitative estimate of drug-likeness (QED) is 0.623. The number of carboxylic acid groups (broad SMARTS) is 1. The zero-order valence-corrected chi connectivity index (χ0v) is 12.8. The molecule has 2 rings (SSSR count). The Kier molecular flexibility index (Phi) is 5.02. The first-order chi connectivity index (χ1) is 10.9. The van der Waals surface area contributed by atoms with Gasteiger partial charge in [-0.1, -0.05) is 23.7 Å². The van der Waals surface area contributed by atoms with E-state index in [2.05, 4.69) is 5.32 Å². The Hall–Kier alpha value is -2.80. The predicted molar refractivity (Wildman–Crippen MR) is 84.2 cm³/mol. The summed E-state index contributed by atoms with van der Waals surface area (Å²) in [7, 11) is 0. The van der Waals surface area contributed by atoms with Gasteiger partial charge in [-0.3, -0.25) is 10.1 Å². The molecule has 7 nitrogen and oxygen atoms in total. The molecule has 0 aromatic heterocycles. The molecule has 0 aliphatic rings. The molecule has 0 aliphatic heterocycles. The lowest BCUT2D eigenvalue weighted by Crippen LogP contribution is -2.24. The molecule has 0 heterocycles. The summed E-state index contributed by atoms with van der Waals surface area (Å²) in [6.07, 6.45) is -1.14. The highest BCUT2D eigenvalue weighted by Gasteiger charge is 2.17. The van der Waals surface area contributed by atoms with Gasteiger partial charge in [0.15, 0.2) is 0 Å². The average Bonchev–Trinajstić information content (AvgIpc) is 2.46. The van der Waals surface area contributed by atoms with Crippen molar-refractivity contribution in [2.24, 2.45) is 0 Å². The molecule has 8 heteroatoms. The van der Waals surface area contributed by atoms with Gasteiger partial charge in [0.25, 0.3) is 0 Å². The van der Waals surface area contributed by atoms with Crippen LogP contribution in [0.5, 0.6) is 11.5 Å². The maximum atomic E-state index is 11.0. The summed E-state index contributed by atoms with van der Waals surface area (Å²) in [5.41, 5.74) is 0.450. The summed E-state index contributed by atoms with van der Waals surface area (Å²) in [6, 6.07) is 10.2. The Bertz CT molecular complexity index is 750. The van der Waals surface area contributed by atoms with Crippen LogP contribution in [0.25, 0.3) is 0 Å². The zero-order valence-electron chi connectivity index (χ0n) is 12.0. The Morgan fingerprint density at radius 1 is 1.35 bits per heavy atom. The molecule has 0 spiro atoms. The largest absolute Gasteiger partial charge is 0.465 e. The van der Waals surface area contributed by atoms with Crippen molar-refractivity contribution in [3.05, 3.63) is 63.2 Å². The number of ether oxygens (including phenoxy) is 1. The second-order valence-corrected chi connectivity index (χ2v) is 5.15. The van der Waals surface area contributed by atoms with Gasteiger partial charge in [0.1, 0.15) is 5.75 Å². The molecule has 0 aliphatic carbocycles. The summed E-state index contributed by atoms with van der Waals surface area (Å²) in [4.78, 5) is 21.1. The van der Waals surface area contributed by atoms with E-state index in [9.17, 15) is 14.9 Å². The second kappa shape index (κ2) is 6.97. The third-order valence-corrected chi connectivity index (χ3v) is 3.28. The van der Waals surface area contributed by atoms with Gasteiger partial charge in [-0.05, 0) is 30.7 Å². The average molecular weight is 337 g/mol. The topological polar surface area (TPSA) is 102 Å². The van der Waals surface area contributed by atoms with E-state index in [1.165, 1.54) is 18.2 Å². The first kappa shape index (κ1) is 16.6. The van der Waals surface area contributed by atoms with Gasteiger partial charge < -0.3 is 15.2 Å². The Morgan fingerprint density at radius 3 is 2.74 bits per heavy atom. The fourth-order valence-corrected chi connectivity index (χ4v) is 2.13. The summed E-state index contributed by atoms with van der Waals surface area (Å²) >= 11 is 5.85. The fourth-order valence-electron chi connectivity index (χ4n) is 1.96. The SMILES string of the molecule is C[C@H](NC(=O)O)c1cccc(Oc2cc(Cl)ccc2[N+](=O)[O-])c1. The maximum absolute atomic E-state index is 11.0. The number of hydrogen-bond acceptors (Lipinski definition) is 4. The van der Waals surface area contributed by atoms with Gasteiger partial charge in [-0.15, -0.1) is 0 Å². The van der Waals surface area contributed by atoms with Crippen molar-refractivity contribution in [3.63, 3.8) is 0 Å². The van der Waals surface area contributed by atoms with Crippen LogP contribution in [-0.4, -0.2) is 16.1 Å². The number of nitro groups is 1. The minimum absolute atomic E-state index is 0.0125. The number of nitrogens with zero attached hydrogens (tertiary/aromatic N) is 1. The molecule has 0 saturated heterocycles. The Balaban J connectivity index is 2.29. The highest BCUT2D eigenvalue weighted by Crippen LogP contribution is 2.34. The number of nitrogens with one attached hydrogen (secondary N) is 1. The van der Waals surface area contributed by atoms with Gasteiger partial charge in [0.05, 0.1) is 11.0 Å². The van der Waals surface area contributed by atoms with Crippen LogP contribution >= 0.6 is 11.6 Å². The number of carbonyl (C=O) groups is 1. The summed E-state index contributed by atoms with van der Waals surface area (Å²) in [5.74, 6) is 0.352. The molecule has 0 unspecified atom stereocenters. The first-order valence-corrected chi connectivity index (χ1v) is 6.96. The molecule has 0 bridgehead atoms. The molecule has 2 N–H and O–H groups in total. The Labute approximate surface area is 136 Å². The molecule has 2 aromatic rings. The fraction of sp³-hybridized carbons (Fsp3) is 0.133. The van der Waals surface area contributed by atoms with E-state index in [0.717, 1.165) is 0 Å². The molecule has 0 fully saturated rings. The van der Waals surface area contributed by atoms with E-state index in [0.29, 0.717) is 16.3 Å². The standard InChI is InChI=1S/C15H13ClN2O5/c1-9(17-15(19)20)10-3-2-4-12(7-10)23-14-8-11(16)5-6-13(14)18(21)22/h2-9,17H,1H3,(H,19,20)/t9-/m0/s1. The van der Waals surface area contributed by atoms with E-state index in [1.54, 1.807) is 31.2 Å². The molecule has 0 saturated carbocycles. The molecule has 1 atom stereocenters. The second-order valence-electron chi connectivity index (χ2n) is 4.71. The minimum atomic E-state index is -1.14. The van der Waals surface area contributed by atoms with Crippen LogP contribution in [0.1, 0.15) is 18.5 Å². The highest BCUT2D eigenvalue weighted by molar-refractivity contribution is 6.30. The zero-order chi connectivity index (χ0) is 17.0. The number of nitro benzene ring substituents is 1.